The molecule has 4 nitrogen and oxygen atoms in total. The van der Waals surface area contributed by atoms with E-state index in [1.807, 2.05) is 13.8 Å². The molecule has 0 aromatic heterocycles. The van der Waals surface area contributed by atoms with Crippen LogP contribution in [0.15, 0.2) is 18.2 Å². The molecule has 0 radical (unpaired) electrons. The highest BCUT2D eigenvalue weighted by Gasteiger charge is 2.19. The number of nitrogens with two attached hydrogens (primary N) is 1. The number of amides is 1. The van der Waals surface area contributed by atoms with E-state index in [9.17, 15) is 4.79 Å². The van der Waals surface area contributed by atoms with Crippen molar-refractivity contribution >= 4 is 23.2 Å². The third-order valence-electron chi connectivity index (χ3n) is 2.98. The summed E-state index contributed by atoms with van der Waals surface area (Å²) in [5, 5.41) is 3.26. The zero-order chi connectivity index (χ0) is 13.7. The molecule has 2 atom stereocenters. The third-order valence-corrected chi connectivity index (χ3v) is 3.29. The molecule has 0 saturated heterocycles. The minimum Gasteiger partial charge on any atom is -0.495 e. The Morgan fingerprint density at radius 3 is 2.78 bits per heavy atom. The molecule has 0 aliphatic carbocycles. The van der Waals surface area contributed by atoms with Gasteiger partial charge in [0.2, 0.25) is 5.91 Å². The smallest absolute Gasteiger partial charge is 0.241 e. The van der Waals surface area contributed by atoms with Crippen molar-refractivity contribution in [1.29, 1.82) is 0 Å². The Balaban J connectivity index is 2.76. The van der Waals surface area contributed by atoms with Crippen LogP contribution >= 0.6 is 11.6 Å². The molecule has 18 heavy (non-hydrogen) atoms. The zero-order valence-electron chi connectivity index (χ0n) is 10.9. The Morgan fingerprint density at radius 1 is 1.56 bits per heavy atom. The summed E-state index contributed by atoms with van der Waals surface area (Å²) in [6.07, 6.45) is 0.860. The van der Waals surface area contributed by atoms with Gasteiger partial charge in [-0.3, -0.25) is 4.79 Å². The second-order valence-electron chi connectivity index (χ2n) is 4.25. The van der Waals surface area contributed by atoms with E-state index in [2.05, 4.69) is 5.32 Å². The van der Waals surface area contributed by atoms with Crippen molar-refractivity contribution in [2.75, 3.05) is 12.4 Å². The maximum Gasteiger partial charge on any atom is 0.241 e. The van der Waals surface area contributed by atoms with Crippen LogP contribution in [0, 0.1) is 5.92 Å². The van der Waals surface area contributed by atoms with E-state index in [4.69, 9.17) is 22.1 Å². The predicted molar refractivity (Wildman–Crippen MR) is 74.1 cm³/mol. The van der Waals surface area contributed by atoms with Crippen molar-refractivity contribution in [1.82, 2.24) is 0 Å². The second-order valence-corrected chi connectivity index (χ2v) is 4.66. The van der Waals surface area contributed by atoms with Crippen LogP contribution < -0.4 is 15.8 Å². The average molecular weight is 271 g/mol. The number of halogens is 1. The van der Waals surface area contributed by atoms with Crippen molar-refractivity contribution in [2.45, 2.75) is 26.3 Å². The molecule has 0 bridgehead atoms. The summed E-state index contributed by atoms with van der Waals surface area (Å²) in [4.78, 5) is 11.9. The number of hydrogen-bond donors (Lipinski definition) is 2. The molecule has 100 valence electrons. The fraction of sp³-hybridized carbons (Fsp3) is 0.462. The van der Waals surface area contributed by atoms with Gasteiger partial charge in [0, 0.05) is 11.8 Å². The molecule has 0 fully saturated rings. The number of benzene rings is 1. The molecule has 1 rings (SSSR count). The van der Waals surface area contributed by atoms with Crippen LogP contribution in [-0.2, 0) is 4.79 Å². The minimum absolute atomic E-state index is 0.138. The summed E-state index contributed by atoms with van der Waals surface area (Å²) in [5.41, 5.74) is 6.48. The van der Waals surface area contributed by atoms with Gasteiger partial charge in [0.05, 0.1) is 18.2 Å². The van der Waals surface area contributed by atoms with Gasteiger partial charge in [0.15, 0.2) is 0 Å². The largest absolute Gasteiger partial charge is 0.495 e. The number of carbonyl (C=O) groups excluding carboxylic acids is 1. The van der Waals surface area contributed by atoms with E-state index in [0.717, 1.165) is 6.42 Å². The first-order valence-electron chi connectivity index (χ1n) is 5.89. The average Bonchev–Trinajstić information content (AvgIpc) is 2.38. The molecule has 0 aliphatic heterocycles. The van der Waals surface area contributed by atoms with Crippen molar-refractivity contribution in [3.8, 4) is 5.75 Å². The van der Waals surface area contributed by atoms with Crippen molar-refractivity contribution in [2.24, 2.45) is 11.7 Å². The van der Waals surface area contributed by atoms with Crippen LogP contribution in [0.1, 0.15) is 20.3 Å². The van der Waals surface area contributed by atoms with Gasteiger partial charge in [-0.2, -0.15) is 0 Å². The lowest BCUT2D eigenvalue weighted by molar-refractivity contribution is -0.118. The monoisotopic (exact) mass is 270 g/mol. The van der Waals surface area contributed by atoms with Crippen molar-refractivity contribution in [3.05, 3.63) is 23.2 Å². The second kappa shape index (κ2) is 6.61. The summed E-state index contributed by atoms with van der Waals surface area (Å²) in [6, 6.07) is 4.54. The molecule has 3 N–H and O–H groups in total. The van der Waals surface area contributed by atoms with E-state index in [0.29, 0.717) is 16.5 Å². The van der Waals surface area contributed by atoms with Gasteiger partial charge in [0.25, 0.3) is 0 Å². The Labute approximate surface area is 112 Å². The predicted octanol–water partition coefficient (Wildman–Crippen LogP) is 2.66. The van der Waals surface area contributed by atoms with Crippen LogP contribution in [0.5, 0.6) is 5.75 Å². The van der Waals surface area contributed by atoms with E-state index in [-0.39, 0.29) is 11.8 Å². The SMILES string of the molecule is CCC(C)[C@H](N)C(=O)Nc1ccc(Cl)c(OC)c1. The lowest BCUT2D eigenvalue weighted by Gasteiger charge is -2.18. The highest BCUT2D eigenvalue weighted by Crippen LogP contribution is 2.27. The molecule has 5 heteroatoms. The molecule has 1 aromatic rings. The number of carbonyl (C=O) groups is 1. The minimum atomic E-state index is -0.517. The van der Waals surface area contributed by atoms with Gasteiger partial charge in [0.1, 0.15) is 5.75 Å². The van der Waals surface area contributed by atoms with Gasteiger partial charge in [-0.05, 0) is 18.1 Å². The molecule has 0 aliphatic rings. The Kier molecular flexibility index (Phi) is 5.44. The van der Waals surface area contributed by atoms with Crippen molar-refractivity contribution < 1.29 is 9.53 Å². The van der Waals surface area contributed by atoms with Crippen LogP contribution in [-0.4, -0.2) is 19.1 Å². The van der Waals surface area contributed by atoms with Crippen LogP contribution in [0.4, 0.5) is 5.69 Å². The fourth-order valence-electron chi connectivity index (χ4n) is 1.48. The number of nitrogens with one attached hydrogen (secondary N) is 1. The molecule has 1 unspecified atom stereocenters. The Bertz CT molecular complexity index is 423. The van der Waals surface area contributed by atoms with Crippen LogP contribution in [0.2, 0.25) is 5.02 Å². The van der Waals surface area contributed by atoms with Gasteiger partial charge in [-0.15, -0.1) is 0 Å². The molecular formula is C13H19ClN2O2. The van der Waals surface area contributed by atoms with Gasteiger partial charge in [-0.1, -0.05) is 31.9 Å². The molecule has 0 heterocycles. The number of ether oxygens (including phenoxy) is 1. The quantitative estimate of drug-likeness (QED) is 0.865. The highest BCUT2D eigenvalue weighted by atomic mass is 35.5. The fourth-order valence-corrected chi connectivity index (χ4v) is 1.67. The lowest BCUT2D eigenvalue weighted by Crippen LogP contribution is -2.40. The molecule has 1 amide bonds. The lowest BCUT2D eigenvalue weighted by atomic mass is 9.99. The normalized spacial score (nSPS) is 13.8. The molecule has 0 saturated carbocycles. The Hall–Kier alpha value is -1.26. The first-order valence-corrected chi connectivity index (χ1v) is 6.27. The van der Waals surface area contributed by atoms with E-state index in [1.165, 1.54) is 7.11 Å². The molecular weight excluding hydrogens is 252 g/mol. The maximum atomic E-state index is 11.9. The maximum absolute atomic E-state index is 11.9. The third kappa shape index (κ3) is 3.62. The summed E-state index contributed by atoms with van der Waals surface area (Å²) in [7, 11) is 1.53. The van der Waals surface area contributed by atoms with E-state index >= 15 is 0 Å². The van der Waals surface area contributed by atoms with Crippen molar-refractivity contribution in [3.63, 3.8) is 0 Å². The first-order chi connectivity index (χ1) is 8.49. The number of anilines is 1. The number of hydrogen-bond acceptors (Lipinski definition) is 3. The first kappa shape index (κ1) is 14.8. The molecule has 1 aromatic carbocycles. The zero-order valence-corrected chi connectivity index (χ0v) is 11.6. The standard InChI is InChI=1S/C13H19ClN2O2/c1-4-8(2)12(15)13(17)16-9-5-6-10(14)11(7-9)18-3/h5-8,12H,4,15H2,1-3H3,(H,16,17)/t8?,12-/m0/s1. The summed E-state index contributed by atoms with van der Waals surface area (Å²) >= 11 is 5.91. The van der Waals surface area contributed by atoms with E-state index in [1.54, 1.807) is 18.2 Å². The van der Waals surface area contributed by atoms with Crippen LogP contribution in [0.25, 0.3) is 0 Å². The van der Waals surface area contributed by atoms with E-state index < -0.39 is 6.04 Å². The van der Waals surface area contributed by atoms with Gasteiger partial charge in [-0.25, -0.2) is 0 Å². The number of rotatable bonds is 5. The van der Waals surface area contributed by atoms with Gasteiger partial charge < -0.3 is 15.8 Å². The number of methoxy groups -OCH3 is 1. The summed E-state index contributed by atoms with van der Waals surface area (Å²) in [5.74, 6) is 0.458. The Morgan fingerprint density at radius 2 is 2.22 bits per heavy atom. The topological polar surface area (TPSA) is 64.4 Å². The van der Waals surface area contributed by atoms with Gasteiger partial charge >= 0.3 is 0 Å². The summed E-state index contributed by atoms with van der Waals surface area (Å²) < 4.78 is 5.08. The highest BCUT2D eigenvalue weighted by molar-refractivity contribution is 6.32. The summed E-state index contributed by atoms with van der Waals surface area (Å²) in [6.45, 7) is 3.95. The molecule has 0 spiro atoms. The van der Waals surface area contributed by atoms with Crippen LogP contribution in [0.3, 0.4) is 0 Å².